The molecular weight excluding hydrogens is 200 g/mol. The van der Waals surface area contributed by atoms with Crippen LogP contribution in [0, 0.1) is 16.7 Å². The fourth-order valence-corrected chi connectivity index (χ4v) is 3.14. The Morgan fingerprint density at radius 3 is 2.06 bits per heavy atom. The maximum absolute atomic E-state index is 11.8. The molecule has 1 aliphatic carbocycles. The van der Waals surface area contributed by atoms with Crippen LogP contribution < -0.4 is 11.1 Å². The average Bonchev–Trinajstić information content (AvgIpc) is 2.11. The van der Waals surface area contributed by atoms with Crippen LogP contribution in [-0.2, 0) is 4.79 Å². The molecule has 0 unspecified atom stereocenters. The van der Waals surface area contributed by atoms with Gasteiger partial charge in [-0.05, 0) is 5.92 Å². The van der Waals surface area contributed by atoms with E-state index in [0.29, 0.717) is 12.3 Å². The molecule has 0 aromatic carbocycles. The van der Waals surface area contributed by atoms with Gasteiger partial charge in [0.25, 0.3) is 0 Å². The van der Waals surface area contributed by atoms with Gasteiger partial charge < -0.3 is 11.1 Å². The molecule has 0 aromatic rings. The Kier molecular flexibility index (Phi) is 3.39. The SMILES string of the molecule is CC(C)CC(=O)NC1C(C)(C)C(N)C1(C)C. The number of nitrogens with two attached hydrogens (primary N) is 1. The molecule has 0 saturated heterocycles. The Labute approximate surface area is 99.2 Å². The highest BCUT2D eigenvalue weighted by molar-refractivity contribution is 5.76. The first-order valence-electron chi connectivity index (χ1n) is 6.15. The van der Waals surface area contributed by atoms with Gasteiger partial charge in [0.05, 0.1) is 0 Å². The number of amides is 1. The van der Waals surface area contributed by atoms with Crippen LogP contribution in [0.1, 0.15) is 48.0 Å². The lowest BCUT2D eigenvalue weighted by atomic mass is 9.48. The molecule has 0 aliphatic heterocycles. The van der Waals surface area contributed by atoms with Gasteiger partial charge in [0, 0.05) is 29.3 Å². The lowest BCUT2D eigenvalue weighted by Gasteiger charge is -2.63. The number of carbonyl (C=O) groups is 1. The maximum atomic E-state index is 11.8. The summed E-state index contributed by atoms with van der Waals surface area (Å²) in [5.41, 5.74) is 6.14. The van der Waals surface area contributed by atoms with Crippen LogP contribution in [0.25, 0.3) is 0 Å². The van der Waals surface area contributed by atoms with Crippen molar-refractivity contribution in [2.24, 2.45) is 22.5 Å². The van der Waals surface area contributed by atoms with E-state index in [4.69, 9.17) is 5.73 Å². The second kappa shape index (κ2) is 4.02. The van der Waals surface area contributed by atoms with Crippen molar-refractivity contribution in [2.75, 3.05) is 0 Å². The monoisotopic (exact) mass is 226 g/mol. The summed E-state index contributed by atoms with van der Waals surface area (Å²) in [7, 11) is 0. The molecule has 0 bridgehead atoms. The van der Waals surface area contributed by atoms with E-state index < -0.39 is 0 Å². The molecule has 0 radical (unpaired) electrons. The van der Waals surface area contributed by atoms with Crippen molar-refractivity contribution in [3.8, 4) is 0 Å². The standard InChI is InChI=1S/C13H26N2O/c1-8(2)7-9(16)15-11-12(3,4)10(14)13(11,5)6/h8,10-11H,7,14H2,1-6H3,(H,15,16). The highest BCUT2D eigenvalue weighted by Crippen LogP contribution is 2.52. The third-order valence-corrected chi connectivity index (χ3v) is 3.99. The predicted molar refractivity (Wildman–Crippen MR) is 66.9 cm³/mol. The molecule has 0 heterocycles. The molecule has 16 heavy (non-hydrogen) atoms. The van der Waals surface area contributed by atoms with Crippen molar-refractivity contribution in [1.29, 1.82) is 0 Å². The van der Waals surface area contributed by atoms with Crippen molar-refractivity contribution < 1.29 is 4.79 Å². The molecule has 3 N–H and O–H groups in total. The maximum Gasteiger partial charge on any atom is 0.220 e. The second-order valence-electron chi connectivity index (χ2n) is 6.72. The lowest BCUT2D eigenvalue weighted by molar-refractivity contribution is -0.132. The largest absolute Gasteiger partial charge is 0.352 e. The van der Waals surface area contributed by atoms with Crippen molar-refractivity contribution in [3.05, 3.63) is 0 Å². The first kappa shape index (κ1) is 13.5. The van der Waals surface area contributed by atoms with Gasteiger partial charge in [0.15, 0.2) is 0 Å². The van der Waals surface area contributed by atoms with Gasteiger partial charge >= 0.3 is 0 Å². The number of hydrogen-bond donors (Lipinski definition) is 2. The Morgan fingerprint density at radius 1 is 1.25 bits per heavy atom. The third-order valence-electron chi connectivity index (χ3n) is 3.99. The Bertz CT molecular complexity index is 266. The van der Waals surface area contributed by atoms with Gasteiger partial charge in [-0.2, -0.15) is 0 Å². The summed E-state index contributed by atoms with van der Waals surface area (Å²) >= 11 is 0. The third kappa shape index (κ3) is 2.10. The molecule has 1 saturated carbocycles. The first-order chi connectivity index (χ1) is 7.10. The zero-order chi connectivity index (χ0) is 12.7. The molecule has 3 heteroatoms. The summed E-state index contributed by atoms with van der Waals surface area (Å²) < 4.78 is 0. The molecule has 1 fully saturated rings. The van der Waals surface area contributed by atoms with Gasteiger partial charge in [-0.3, -0.25) is 4.79 Å². The normalized spacial score (nSPS) is 31.0. The summed E-state index contributed by atoms with van der Waals surface area (Å²) in [6, 6.07) is 0.325. The number of hydrogen-bond acceptors (Lipinski definition) is 2. The number of nitrogens with one attached hydrogen (secondary N) is 1. The summed E-state index contributed by atoms with van der Waals surface area (Å²) in [5.74, 6) is 0.549. The molecule has 1 rings (SSSR count). The fourth-order valence-electron chi connectivity index (χ4n) is 3.14. The smallest absolute Gasteiger partial charge is 0.220 e. The molecular formula is C13H26N2O. The van der Waals surface area contributed by atoms with Crippen molar-refractivity contribution in [3.63, 3.8) is 0 Å². The zero-order valence-corrected chi connectivity index (χ0v) is 11.4. The van der Waals surface area contributed by atoms with E-state index in [0.717, 1.165) is 0 Å². The Balaban J connectivity index is 2.64. The zero-order valence-electron chi connectivity index (χ0n) is 11.4. The first-order valence-corrected chi connectivity index (χ1v) is 6.15. The summed E-state index contributed by atoms with van der Waals surface area (Å²) in [5, 5.41) is 3.14. The highest BCUT2D eigenvalue weighted by atomic mass is 16.1. The molecule has 94 valence electrons. The van der Waals surface area contributed by atoms with Gasteiger partial charge in [0.1, 0.15) is 0 Å². The molecule has 0 spiro atoms. The van der Waals surface area contributed by atoms with E-state index in [1.165, 1.54) is 0 Å². The minimum atomic E-state index is -0.00383. The van der Waals surface area contributed by atoms with Gasteiger partial charge in [-0.1, -0.05) is 41.5 Å². The van der Waals surface area contributed by atoms with Gasteiger partial charge in [0.2, 0.25) is 5.91 Å². The van der Waals surface area contributed by atoms with Crippen LogP contribution in [0.5, 0.6) is 0 Å². The van der Waals surface area contributed by atoms with Crippen molar-refractivity contribution >= 4 is 5.91 Å². The number of rotatable bonds is 3. The molecule has 1 aliphatic rings. The van der Waals surface area contributed by atoms with Crippen molar-refractivity contribution in [1.82, 2.24) is 5.32 Å². The van der Waals surface area contributed by atoms with Gasteiger partial charge in [-0.15, -0.1) is 0 Å². The summed E-state index contributed by atoms with van der Waals surface area (Å²) in [4.78, 5) is 11.8. The lowest BCUT2D eigenvalue weighted by Crippen LogP contribution is -2.76. The van der Waals surface area contributed by atoms with Crippen LogP contribution in [0.4, 0.5) is 0 Å². The van der Waals surface area contributed by atoms with Crippen molar-refractivity contribution in [2.45, 2.75) is 60.0 Å². The Hall–Kier alpha value is -0.570. The van der Waals surface area contributed by atoms with Crippen LogP contribution >= 0.6 is 0 Å². The van der Waals surface area contributed by atoms with E-state index in [9.17, 15) is 4.79 Å². The fraction of sp³-hybridized carbons (Fsp3) is 0.923. The van der Waals surface area contributed by atoms with E-state index in [1.807, 2.05) is 0 Å². The van der Waals surface area contributed by atoms with E-state index in [-0.39, 0.29) is 28.8 Å². The number of carbonyl (C=O) groups excluding carboxylic acids is 1. The second-order valence-corrected chi connectivity index (χ2v) is 6.72. The van der Waals surface area contributed by atoms with Crippen LogP contribution in [0.3, 0.4) is 0 Å². The van der Waals surface area contributed by atoms with Crippen LogP contribution in [0.15, 0.2) is 0 Å². The quantitative estimate of drug-likeness (QED) is 0.772. The van der Waals surface area contributed by atoms with E-state index >= 15 is 0 Å². The van der Waals surface area contributed by atoms with Crippen LogP contribution in [0.2, 0.25) is 0 Å². The molecule has 0 atom stereocenters. The van der Waals surface area contributed by atoms with E-state index in [2.05, 4.69) is 46.9 Å². The van der Waals surface area contributed by atoms with E-state index in [1.54, 1.807) is 0 Å². The molecule has 3 nitrogen and oxygen atoms in total. The minimum Gasteiger partial charge on any atom is -0.352 e. The molecule has 1 amide bonds. The highest BCUT2D eigenvalue weighted by Gasteiger charge is 2.60. The minimum absolute atomic E-state index is 0.00383. The summed E-state index contributed by atoms with van der Waals surface area (Å²) in [6.07, 6.45) is 0.595. The summed E-state index contributed by atoms with van der Waals surface area (Å²) in [6.45, 7) is 12.6. The van der Waals surface area contributed by atoms with Gasteiger partial charge in [-0.25, -0.2) is 0 Å². The molecule has 0 aromatic heterocycles. The predicted octanol–water partition coefficient (Wildman–Crippen LogP) is 1.91. The topological polar surface area (TPSA) is 55.1 Å². The average molecular weight is 226 g/mol. The van der Waals surface area contributed by atoms with Crippen LogP contribution in [-0.4, -0.2) is 18.0 Å². The Morgan fingerprint density at radius 2 is 1.69 bits per heavy atom.